The van der Waals surface area contributed by atoms with Gasteiger partial charge in [0.2, 0.25) is 0 Å². The van der Waals surface area contributed by atoms with E-state index in [-0.39, 0.29) is 0 Å². The van der Waals surface area contributed by atoms with Crippen molar-refractivity contribution >= 4 is 0 Å². The molecule has 0 aromatic carbocycles. The van der Waals surface area contributed by atoms with Crippen LogP contribution in [0.1, 0.15) is 151 Å². The molecule has 232 valence electrons. The lowest BCUT2D eigenvalue weighted by atomic mass is 9.71. The Morgan fingerprint density at radius 2 is 0.846 bits per heavy atom. The zero-order valence-electron chi connectivity index (χ0n) is 27.7. The van der Waals surface area contributed by atoms with Gasteiger partial charge >= 0.3 is 0 Å². The molecule has 0 aromatic heterocycles. The van der Waals surface area contributed by atoms with Crippen LogP contribution >= 0.6 is 0 Å². The lowest BCUT2D eigenvalue weighted by Gasteiger charge is -2.51. The minimum absolute atomic E-state index is 0.442. The number of rotatable bonds is 22. The maximum atomic E-state index is 3.89. The molecule has 2 saturated carbocycles. The standard InChI is InChI=1S/C35H72N4/c1-7-26-38(27-8-2)34(20-14-11-15-21-34)32(5)30-36-24-18-13-19-25-37-31-33(6)35(22-16-12-17-23-35)39(28-9-3)29-10-4/h32-33,36-37H,7-31H2,1-6H3. The van der Waals surface area contributed by atoms with E-state index in [0.717, 1.165) is 11.8 Å². The summed E-state index contributed by atoms with van der Waals surface area (Å²) in [5, 5.41) is 7.77. The Labute approximate surface area is 246 Å². The van der Waals surface area contributed by atoms with Gasteiger partial charge in [-0.3, -0.25) is 9.80 Å². The second kappa shape index (κ2) is 19.9. The van der Waals surface area contributed by atoms with Crippen LogP contribution in [0.4, 0.5) is 0 Å². The lowest BCUT2D eigenvalue weighted by molar-refractivity contribution is 0.00407. The van der Waals surface area contributed by atoms with Gasteiger partial charge in [0.25, 0.3) is 0 Å². The van der Waals surface area contributed by atoms with Crippen LogP contribution in [0.3, 0.4) is 0 Å². The summed E-state index contributed by atoms with van der Waals surface area (Å²) in [6.45, 7) is 24.4. The first-order valence-corrected chi connectivity index (χ1v) is 17.9. The third kappa shape index (κ3) is 10.6. The van der Waals surface area contributed by atoms with Crippen molar-refractivity contribution < 1.29 is 0 Å². The van der Waals surface area contributed by atoms with Gasteiger partial charge in [-0.05, 0) is 128 Å². The molecule has 2 N–H and O–H groups in total. The summed E-state index contributed by atoms with van der Waals surface area (Å²) in [7, 11) is 0. The second-order valence-electron chi connectivity index (χ2n) is 13.6. The molecule has 0 saturated heterocycles. The fourth-order valence-corrected chi connectivity index (χ4v) is 8.46. The minimum atomic E-state index is 0.442. The van der Waals surface area contributed by atoms with Crippen molar-refractivity contribution in [2.75, 3.05) is 52.4 Å². The number of nitrogens with one attached hydrogen (secondary N) is 2. The summed E-state index contributed by atoms with van der Waals surface area (Å²) in [5.41, 5.74) is 0.884. The highest BCUT2D eigenvalue weighted by Gasteiger charge is 2.42. The van der Waals surface area contributed by atoms with Crippen molar-refractivity contribution in [1.82, 2.24) is 20.4 Å². The first-order chi connectivity index (χ1) is 19.0. The van der Waals surface area contributed by atoms with Crippen molar-refractivity contribution in [3.05, 3.63) is 0 Å². The van der Waals surface area contributed by atoms with Crippen molar-refractivity contribution in [1.29, 1.82) is 0 Å². The molecule has 0 spiro atoms. The molecule has 0 aromatic rings. The highest BCUT2D eigenvalue weighted by molar-refractivity contribution is 4.99. The number of hydrogen-bond acceptors (Lipinski definition) is 4. The van der Waals surface area contributed by atoms with Gasteiger partial charge in [0, 0.05) is 11.1 Å². The lowest BCUT2D eigenvalue weighted by Crippen LogP contribution is -2.57. The average molecular weight is 549 g/mol. The van der Waals surface area contributed by atoms with E-state index < -0.39 is 0 Å². The number of nitrogens with zero attached hydrogens (tertiary/aromatic N) is 2. The highest BCUT2D eigenvalue weighted by atomic mass is 15.2. The third-order valence-electron chi connectivity index (χ3n) is 10.6. The van der Waals surface area contributed by atoms with Crippen molar-refractivity contribution in [3.8, 4) is 0 Å². The quantitative estimate of drug-likeness (QED) is 0.133. The Balaban J connectivity index is 1.69. The topological polar surface area (TPSA) is 30.5 Å². The molecule has 0 amide bonds. The molecule has 4 nitrogen and oxygen atoms in total. The largest absolute Gasteiger partial charge is 0.316 e. The van der Waals surface area contributed by atoms with Gasteiger partial charge in [0.1, 0.15) is 0 Å². The monoisotopic (exact) mass is 549 g/mol. The van der Waals surface area contributed by atoms with Crippen molar-refractivity contribution in [2.24, 2.45) is 11.8 Å². The fraction of sp³-hybridized carbons (Fsp3) is 1.00. The molecular weight excluding hydrogens is 476 g/mol. The SMILES string of the molecule is CCCN(CCC)C1(C(C)CNCCCCCNCC(C)C2(N(CCC)CCC)CCCCC2)CCCCC1. The van der Waals surface area contributed by atoms with E-state index in [1.165, 1.54) is 162 Å². The summed E-state index contributed by atoms with van der Waals surface area (Å²) in [6.07, 6.45) is 23.3. The summed E-state index contributed by atoms with van der Waals surface area (Å²) in [6, 6.07) is 0. The molecule has 4 heteroatoms. The average Bonchev–Trinajstić information content (AvgIpc) is 2.96. The summed E-state index contributed by atoms with van der Waals surface area (Å²) in [4.78, 5) is 5.79. The van der Waals surface area contributed by atoms with Gasteiger partial charge in [-0.15, -0.1) is 0 Å². The summed E-state index contributed by atoms with van der Waals surface area (Å²) < 4.78 is 0. The molecule has 0 aliphatic heterocycles. The zero-order chi connectivity index (χ0) is 28.4. The van der Waals surface area contributed by atoms with Crippen LogP contribution in [0.2, 0.25) is 0 Å². The molecule has 0 bridgehead atoms. The molecule has 2 aliphatic carbocycles. The van der Waals surface area contributed by atoms with Crippen LogP contribution in [-0.2, 0) is 0 Å². The van der Waals surface area contributed by atoms with Crippen LogP contribution in [0, 0.1) is 11.8 Å². The molecule has 0 radical (unpaired) electrons. The predicted molar refractivity (Wildman–Crippen MR) is 174 cm³/mol. The summed E-state index contributed by atoms with van der Waals surface area (Å²) in [5.74, 6) is 1.48. The van der Waals surface area contributed by atoms with Crippen LogP contribution in [0.15, 0.2) is 0 Å². The number of hydrogen-bond donors (Lipinski definition) is 2. The molecule has 2 atom stereocenters. The third-order valence-corrected chi connectivity index (χ3v) is 10.6. The Morgan fingerprint density at radius 3 is 1.15 bits per heavy atom. The van der Waals surface area contributed by atoms with Gasteiger partial charge in [-0.2, -0.15) is 0 Å². The van der Waals surface area contributed by atoms with Crippen LogP contribution in [0.5, 0.6) is 0 Å². The Morgan fingerprint density at radius 1 is 0.513 bits per heavy atom. The van der Waals surface area contributed by atoms with Gasteiger partial charge in [-0.25, -0.2) is 0 Å². The van der Waals surface area contributed by atoms with E-state index in [9.17, 15) is 0 Å². The molecular formula is C35H72N4. The second-order valence-corrected chi connectivity index (χ2v) is 13.6. The van der Waals surface area contributed by atoms with E-state index in [4.69, 9.17) is 0 Å². The highest BCUT2D eigenvalue weighted by Crippen LogP contribution is 2.41. The van der Waals surface area contributed by atoms with Gasteiger partial charge in [0.05, 0.1) is 0 Å². The van der Waals surface area contributed by atoms with E-state index in [2.05, 4.69) is 62.0 Å². The molecule has 2 rings (SSSR count). The van der Waals surface area contributed by atoms with Crippen molar-refractivity contribution in [2.45, 2.75) is 162 Å². The zero-order valence-corrected chi connectivity index (χ0v) is 27.7. The van der Waals surface area contributed by atoms with Gasteiger partial charge in [-0.1, -0.05) is 86.5 Å². The minimum Gasteiger partial charge on any atom is -0.316 e. The van der Waals surface area contributed by atoms with E-state index in [1.807, 2.05) is 0 Å². The maximum absolute atomic E-state index is 3.89. The molecule has 2 unspecified atom stereocenters. The Hall–Kier alpha value is -0.160. The van der Waals surface area contributed by atoms with E-state index in [0.29, 0.717) is 11.1 Å². The van der Waals surface area contributed by atoms with E-state index in [1.54, 1.807) is 0 Å². The smallest absolute Gasteiger partial charge is 0.0247 e. The molecule has 2 fully saturated rings. The molecule has 0 heterocycles. The first kappa shape index (κ1) is 35.0. The van der Waals surface area contributed by atoms with Crippen LogP contribution < -0.4 is 10.6 Å². The van der Waals surface area contributed by atoms with Crippen molar-refractivity contribution in [3.63, 3.8) is 0 Å². The Bertz CT molecular complexity index is 519. The van der Waals surface area contributed by atoms with E-state index >= 15 is 0 Å². The Kier molecular flexibility index (Phi) is 17.9. The van der Waals surface area contributed by atoms with Gasteiger partial charge < -0.3 is 10.6 Å². The predicted octanol–water partition coefficient (Wildman–Crippen LogP) is 8.26. The van der Waals surface area contributed by atoms with Gasteiger partial charge in [0.15, 0.2) is 0 Å². The molecule has 2 aliphatic rings. The number of unbranched alkanes of at least 4 members (excludes halogenated alkanes) is 2. The normalized spacial score (nSPS) is 20.9. The fourth-order valence-electron chi connectivity index (χ4n) is 8.46. The summed E-state index contributed by atoms with van der Waals surface area (Å²) >= 11 is 0. The maximum Gasteiger partial charge on any atom is 0.0247 e. The molecule has 39 heavy (non-hydrogen) atoms. The van der Waals surface area contributed by atoms with Crippen LogP contribution in [0.25, 0.3) is 0 Å². The first-order valence-electron chi connectivity index (χ1n) is 17.9. The van der Waals surface area contributed by atoms with Crippen LogP contribution in [-0.4, -0.2) is 73.2 Å².